The number of ether oxygens (including phenoxy) is 1. The fraction of sp³-hybridized carbons (Fsp3) is 0.583. The molecule has 0 amide bonds. The van der Waals surface area contributed by atoms with E-state index in [0.29, 0.717) is 12.8 Å². The molecule has 0 N–H and O–H groups in total. The molecule has 1 aromatic rings. The second kappa shape index (κ2) is 3.42. The van der Waals surface area contributed by atoms with Gasteiger partial charge in [-0.3, -0.25) is 9.59 Å². The van der Waals surface area contributed by atoms with Gasteiger partial charge in [-0.25, -0.2) is 4.98 Å². The maximum atomic E-state index is 11.6. The summed E-state index contributed by atoms with van der Waals surface area (Å²) in [5.41, 5.74) is -0.138. The van der Waals surface area contributed by atoms with Gasteiger partial charge in [-0.15, -0.1) is 0 Å². The molecule has 3 unspecified atom stereocenters. The van der Waals surface area contributed by atoms with Crippen molar-refractivity contribution in [3.8, 4) is 0 Å². The number of imidazole rings is 1. The summed E-state index contributed by atoms with van der Waals surface area (Å²) in [6, 6.07) is 0. The van der Waals surface area contributed by atoms with Gasteiger partial charge in [-0.2, -0.15) is 0 Å². The smallest absolute Gasteiger partial charge is 0.317 e. The van der Waals surface area contributed by atoms with Crippen LogP contribution in [-0.2, 0) is 19.9 Å². The summed E-state index contributed by atoms with van der Waals surface area (Å²) < 4.78 is 6.74. The predicted molar refractivity (Wildman–Crippen MR) is 57.8 cm³/mol. The van der Waals surface area contributed by atoms with Crippen LogP contribution < -0.4 is 0 Å². The quantitative estimate of drug-likeness (QED) is 0.539. The molecule has 90 valence electrons. The summed E-state index contributed by atoms with van der Waals surface area (Å²) in [7, 11) is 0. The standard InChI is InChI=1S/C12H14N2O3/c1-12(14-5-4-13-7-14)3-2-8-9(6-12)11(16)17-10(8)15/h4-5,7-9H,2-3,6H2,1H3. The van der Waals surface area contributed by atoms with Crippen LogP contribution in [0, 0.1) is 11.8 Å². The minimum absolute atomic E-state index is 0.138. The number of nitrogens with zero attached hydrogens (tertiary/aromatic N) is 2. The number of rotatable bonds is 1. The zero-order valence-electron chi connectivity index (χ0n) is 9.63. The van der Waals surface area contributed by atoms with Crippen LogP contribution in [0.2, 0.25) is 0 Å². The molecule has 1 aliphatic carbocycles. The largest absolute Gasteiger partial charge is 0.393 e. The third-order valence-electron chi connectivity index (χ3n) is 4.07. The molecule has 17 heavy (non-hydrogen) atoms. The van der Waals surface area contributed by atoms with Gasteiger partial charge in [-0.1, -0.05) is 0 Å². The molecule has 1 aliphatic heterocycles. The Morgan fingerprint density at radius 1 is 1.41 bits per heavy atom. The van der Waals surface area contributed by atoms with Crippen LogP contribution in [-0.4, -0.2) is 21.5 Å². The Bertz CT molecular complexity index is 468. The first-order valence-electron chi connectivity index (χ1n) is 5.84. The maximum absolute atomic E-state index is 11.6. The highest BCUT2D eigenvalue weighted by molar-refractivity contribution is 5.96. The third-order valence-corrected chi connectivity index (χ3v) is 4.07. The summed E-state index contributed by atoms with van der Waals surface area (Å²) in [6.07, 6.45) is 7.63. The van der Waals surface area contributed by atoms with E-state index in [1.807, 2.05) is 10.8 Å². The minimum Gasteiger partial charge on any atom is -0.393 e. The van der Waals surface area contributed by atoms with Crippen molar-refractivity contribution in [3.63, 3.8) is 0 Å². The molecule has 5 nitrogen and oxygen atoms in total. The highest BCUT2D eigenvalue weighted by Crippen LogP contribution is 2.44. The Hall–Kier alpha value is -1.65. The Morgan fingerprint density at radius 3 is 2.88 bits per heavy atom. The third kappa shape index (κ3) is 1.49. The zero-order chi connectivity index (χ0) is 12.0. The van der Waals surface area contributed by atoms with Gasteiger partial charge >= 0.3 is 11.9 Å². The van der Waals surface area contributed by atoms with E-state index in [2.05, 4.69) is 11.9 Å². The van der Waals surface area contributed by atoms with E-state index < -0.39 is 0 Å². The maximum Gasteiger partial charge on any atom is 0.317 e. The van der Waals surface area contributed by atoms with Gasteiger partial charge in [0.25, 0.3) is 0 Å². The molecule has 0 spiro atoms. The van der Waals surface area contributed by atoms with Gasteiger partial charge in [0, 0.05) is 17.9 Å². The monoisotopic (exact) mass is 234 g/mol. The van der Waals surface area contributed by atoms with Gasteiger partial charge in [0.1, 0.15) is 0 Å². The Kier molecular flexibility index (Phi) is 2.11. The van der Waals surface area contributed by atoms with Gasteiger partial charge in [-0.05, 0) is 26.2 Å². The number of carbonyl (C=O) groups is 2. The zero-order valence-corrected chi connectivity index (χ0v) is 9.63. The molecule has 2 heterocycles. The van der Waals surface area contributed by atoms with E-state index in [4.69, 9.17) is 4.74 Å². The topological polar surface area (TPSA) is 61.2 Å². The van der Waals surface area contributed by atoms with Gasteiger partial charge in [0.15, 0.2) is 0 Å². The van der Waals surface area contributed by atoms with Gasteiger partial charge < -0.3 is 9.30 Å². The molecule has 1 aromatic heterocycles. The van der Waals surface area contributed by atoms with Crippen LogP contribution in [0.4, 0.5) is 0 Å². The number of fused-ring (bicyclic) bond motifs is 1. The average molecular weight is 234 g/mol. The van der Waals surface area contributed by atoms with E-state index >= 15 is 0 Å². The minimum atomic E-state index is -0.356. The van der Waals surface area contributed by atoms with Crippen LogP contribution in [0.25, 0.3) is 0 Å². The molecular weight excluding hydrogens is 220 g/mol. The molecular formula is C12H14N2O3. The van der Waals surface area contributed by atoms with Gasteiger partial charge in [0.2, 0.25) is 0 Å². The molecule has 0 radical (unpaired) electrons. The van der Waals surface area contributed by atoms with Crippen LogP contribution in [0.1, 0.15) is 26.2 Å². The van der Waals surface area contributed by atoms with Crippen molar-refractivity contribution < 1.29 is 14.3 Å². The van der Waals surface area contributed by atoms with Crippen molar-refractivity contribution in [2.75, 3.05) is 0 Å². The molecule has 0 bridgehead atoms. The van der Waals surface area contributed by atoms with E-state index in [1.54, 1.807) is 12.5 Å². The summed E-state index contributed by atoms with van der Waals surface area (Å²) in [5.74, 6) is -1.19. The molecule has 3 atom stereocenters. The van der Waals surface area contributed by atoms with Gasteiger partial charge in [0.05, 0.1) is 18.2 Å². The van der Waals surface area contributed by atoms with E-state index in [1.165, 1.54) is 0 Å². The normalized spacial score (nSPS) is 36.8. The van der Waals surface area contributed by atoms with Crippen molar-refractivity contribution in [2.45, 2.75) is 31.7 Å². The second-order valence-corrected chi connectivity index (χ2v) is 5.16. The summed E-state index contributed by atoms with van der Waals surface area (Å²) in [5, 5.41) is 0. The van der Waals surface area contributed by atoms with E-state index in [9.17, 15) is 9.59 Å². The Morgan fingerprint density at radius 2 is 2.18 bits per heavy atom. The lowest BCUT2D eigenvalue weighted by Gasteiger charge is -2.38. The van der Waals surface area contributed by atoms with Crippen molar-refractivity contribution in [3.05, 3.63) is 18.7 Å². The average Bonchev–Trinajstić information content (AvgIpc) is 2.89. The first-order valence-corrected chi connectivity index (χ1v) is 5.84. The molecule has 1 saturated carbocycles. The van der Waals surface area contributed by atoms with Crippen molar-refractivity contribution in [1.82, 2.24) is 9.55 Å². The van der Waals surface area contributed by atoms with Crippen molar-refractivity contribution in [1.29, 1.82) is 0 Å². The number of cyclic esters (lactones) is 2. The molecule has 2 aliphatic rings. The fourth-order valence-electron chi connectivity index (χ4n) is 2.98. The molecule has 1 saturated heterocycles. The number of esters is 2. The molecule has 2 fully saturated rings. The molecule has 5 heteroatoms. The lowest BCUT2D eigenvalue weighted by molar-refractivity contribution is -0.153. The number of aromatic nitrogens is 2. The van der Waals surface area contributed by atoms with Crippen molar-refractivity contribution >= 4 is 11.9 Å². The molecule has 0 aromatic carbocycles. The summed E-state index contributed by atoms with van der Waals surface area (Å²) in [6.45, 7) is 2.10. The van der Waals surface area contributed by atoms with Crippen LogP contribution in [0.5, 0.6) is 0 Å². The number of carbonyl (C=O) groups excluding carboxylic acids is 2. The van der Waals surface area contributed by atoms with Crippen LogP contribution >= 0.6 is 0 Å². The first-order chi connectivity index (χ1) is 8.10. The highest BCUT2D eigenvalue weighted by atomic mass is 16.6. The predicted octanol–water partition coefficient (Wildman–Crippen LogP) is 1.10. The fourth-order valence-corrected chi connectivity index (χ4v) is 2.98. The number of hydrogen-bond acceptors (Lipinski definition) is 4. The summed E-state index contributed by atoms with van der Waals surface area (Å²) in [4.78, 5) is 27.1. The Labute approximate surface area is 98.8 Å². The van der Waals surface area contributed by atoms with E-state index in [0.717, 1.165) is 6.42 Å². The second-order valence-electron chi connectivity index (χ2n) is 5.16. The lowest BCUT2D eigenvalue weighted by Crippen LogP contribution is -2.40. The highest BCUT2D eigenvalue weighted by Gasteiger charge is 2.51. The Balaban J connectivity index is 1.89. The van der Waals surface area contributed by atoms with Crippen LogP contribution in [0.15, 0.2) is 18.7 Å². The van der Waals surface area contributed by atoms with Crippen molar-refractivity contribution in [2.24, 2.45) is 11.8 Å². The lowest BCUT2D eigenvalue weighted by atomic mass is 9.71. The summed E-state index contributed by atoms with van der Waals surface area (Å²) >= 11 is 0. The van der Waals surface area contributed by atoms with E-state index in [-0.39, 0.29) is 29.3 Å². The number of hydrogen-bond donors (Lipinski definition) is 0. The van der Waals surface area contributed by atoms with Crippen LogP contribution in [0.3, 0.4) is 0 Å². The molecule has 3 rings (SSSR count). The first kappa shape index (κ1) is 10.5. The SMILES string of the molecule is CC1(n2ccnc2)CCC2C(=O)OC(=O)C2C1.